The van der Waals surface area contributed by atoms with E-state index in [0.29, 0.717) is 5.38 Å². The van der Waals surface area contributed by atoms with E-state index >= 15 is 0 Å². The van der Waals surface area contributed by atoms with Gasteiger partial charge in [-0.3, -0.25) is 0 Å². The van der Waals surface area contributed by atoms with Crippen molar-refractivity contribution in [2.75, 3.05) is 5.88 Å². The molecule has 0 aliphatic carbocycles. The molecule has 0 N–H and O–H groups in total. The Labute approximate surface area is 89.4 Å². The second-order valence-corrected chi connectivity index (χ2v) is 5.27. The Morgan fingerprint density at radius 1 is 1.00 bits per heavy atom. The zero-order chi connectivity index (χ0) is 9.23. The molecule has 74 valence electrons. The lowest BCUT2D eigenvalue weighted by Gasteiger charge is -2.06. The van der Waals surface area contributed by atoms with E-state index in [1.54, 1.807) is 0 Å². The monoisotopic (exact) mass is 226 g/mol. The summed E-state index contributed by atoms with van der Waals surface area (Å²) in [7, 11) is 1.30. The fourth-order valence-electron chi connectivity index (χ4n) is 1.27. The van der Waals surface area contributed by atoms with Crippen LogP contribution in [-0.2, 0) is 0 Å². The van der Waals surface area contributed by atoms with Gasteiger partial charge in [0.25, 0.3) is 0 Å². The lowest BCUT2D eigenvalue weighted by molar-refractivity contribution is 0.608. The van der Waals surface area contributed by atoms with Crippen LogP contribution in [-0.4, -0.2) is 21.5 Å². The summed E-state index contributed by atoms with van der Waals surface area (Å²) in [6, 6.07) is 1.34. The molecule has 0 fully saturated rings. The van der Waals surface area contributed by atoms with Gasteiger partial charge >= 0.3 is 0 Å². The molecule has 0 nitrogen and oxygen atoms in total. The summed E-state index contributed by atoms with van der Waals surface area (Å²) in [6.45, 7) is 0. The van der Waals surface area contributed by atoms with Crippen LogP contribution in [0.2, 0.25) is 6.04 Å². The Morgan fingerprint density at radius 3 is 2.25 bits per heavy atom. The third-order valence-electron chi connectivity index (χ3n) is 2.00. The van der Waals surface area contributed by atoms with E-state index < -0.39 is 0 Å². The molecule has 0 spiro atoms. The SMILES string of the molecule is [SiH3]CCC(Cl)CCCCCCCl. The van der Waals surface area contributed by atoms with Crippen LogP contribution in [0.3, 0.4) is 0 Å². The predicted octanol–water partition coefficient (Wildman–Crippen LogP) is 2.96. The Morgan fingerprint density at radius 2 is 1.67 bits per heavy atom. The van der Waals surface area contributed by atoms with E-state index in [1.165, 1.54) is 48.4 Å². The molecule has 0 bridgehead atoms. The summed E-state index contributed by atoms with van der Waals surface area (Å²) in [6.07, 6.45) is 7.45. The molecule has 0 aromatic heterocycles. The summed E-state index contributed by atoms with van der Waals surface area (Å²) < 4.78 is 0. The van der Waals surface area contributed by atoms with Gasteiger partial charge in [-0.2, -0.15) is 0 Å². The number of unbranched alkanes of at least 4 members (excludes halogenated alkanes) is 3. The normalized spacial score (nSPS) is 13.5. The molecule has 3 heteroatoms. The zero-order valence-electron chi connectivity index (χ0n) is 7.99. The quantitative estimate of drug-likeness (QED) is 0.340. The minimum absolute atomic E-state index is 0.443. The Hall–Kier alpha value is 0.797. The molecule has 0 aliphatic rings. The van der Waals surface area contributed by atoms with Crippen molar-refractivity contribution >= 4 is 33.4 Å². The van der Waals surface area contributed by atoms with Crippen molar-refractivity contribution in [2.45, 2.75) is 49.9 Å². The maximum absolute atomic E-state index is 6.09. The molecule has 0 aromatic rings. The molecule has 1 atom stereocenters. The average molecular weight is 227 g/mol. The van der Waals surface area contributed by atoms with Gasteiger partial charge in [-0.15, -0.1) is 23.2 Å². The van der Waals surface area contributed by atoms with Crippen molar-refractivity contribution in [3.05, 3.63) is 0 Å². The number of rotatable bonds is 8. The minimum atomic E-state index is 0.443. The second kappa shape index (κ2) is 9.88. The topological polar surface area (TPSA) is 0 Å². The highest BCUT2D eigenvalue weighted by Gasteiger charge is 2.01. The van der Waals surface area contributed by atoms with Crippen molar-refractivity contribution in [3.63, 3.8) is 0 Å². The molecule has 0 aromatic carbocycles. The van der Waals surface area contributed by atoms with E-state index in [4.69, 9.17) is 23.2 Å². The largest absolute Gasteiger partial charge is 0.127 e. The molecule has 1 unspecified atom stereocenters. The van der Waals surface area contributed by atoms with Crippen LogP contribution in [0.15, 0.2) is 0 Å². The molecular formula is C9H20Cl2Si. The molecule has 0 radical (unpaired) electrons. The van der Waals surface area contributed by atoms with E-state index in [-0.39, 0.29) is 0 Å². The van der Waals surface area contributed by atoms with Crippen molar-refractivity contribution < 1.29 is 0 Å². The fraction of sp³-hybridized carbons (Fsp3) is 1.00. The van der Waals surface area contributed by atoms with Crippen LogP contribution in [0.4, 0.5) is 0 Å². The number of hydrogen-bond acceptors (Lipinski definition) is 0. The van der Waals surface area contributed by atoms with Crippen LogP contribution in [0.5, 0.6) is 0 Å². The van der Waals surface area contributed by atoms with Crippen molar-refractivity contribution in [2.24, 2.45) is 0 Å². The van der Waals surface area contributed by atoms with Gasteiger partial charge in [-0.1, -0.05) is 25.3 Å². The average Bonchev–Trinajstić information content (AvgIpc) is 2.05. The summed E-state index contributed by atoms with van der Waals surface area (Å²) in [5.41, 5.74) is 0. The van der Waals surface area contributed by atoms with Crippen LogP contribution in [0.25, 0.3) is 0 Å². The van der Waals surface area contributed by atoms with Gasteiger partial charge in [-0.25, -0.2) is 0 Å². The fourth-order valence-corrected chi connectivity index (χ4v) is 2.90. The zero-order valence-corrected chi connectivity index (χ0v) is 11.5. The number of alkyl halides is 2. The van der Waals surface area contributed by atoms with E-state index in [0.717, 1.165) is 12.3 Å². The molecule has 0 amide bonds. The molecule has 0 saturated heterocycles. The first-order valence-electron chi connectivity index (χ1n) is 5.01. The van der Waals surface area contributed by atoms with Gasteiger partial charge in [0.15, 0.2) is 0 Å². The number of halogens is 2. The molecule has 0 rings (SSSR count). The smallest absolute Gasteiger partial charge is 0.0333 e. The van der Waals surface area contributed by atoms with Gasteiger partial charge in [0.1, 0.15) is 0 Å². The Kier molecular flexibility index (Phi) is 10.5. The Bertz CT molecular complexity index is 88.6. The predicted molar refractivity (Wildman–Crippen MR) is 62.8 cm³/mol. The summed E-state index contributed by atoms with van der Waals surface area (Å²) in [5, 5.41) is 0.443. The highest BCUT2D eigenvalue weighted by molar-refractivity contribution is 6.21. The van der Waals surface area contributed by atoms with Gasteiger partial charge in [0, 0.05) is 21.5 Å². The van der Waals surface area contributed by atoms with Crippen LogP contribution >= 0.6 is 23.2 Å². The minimum Gasteiger partial charge on any atom is -0.127 e. The first-order chi connectivity index (χ1) is 5.81. The van der Waals surface area contributed by atoms with E-state index in [9.17, 15) is 0 Å². The highest BCUT2D eigenvalue weighted by atomic mass is 35.5. The van der Waals surface area contributed by atoms with Gasteiger partial charge in [0.05, 0.1) is 0 Å². The maximum atomic E-state index is 6.09. The first kappa shape index (κ1) is 12.8. The Balaban J connectivity index is 2.97. The van der Waals surface area contributed by atoms with Gasteiger partial charge in [0.2, 0.25) is 0 Å². The second-order valence-electron chi connectivity index (χ2n) is 3.28. The third-order valence-corrected chi connectivity index (χ3v) is 3.28. The molecule has 0 aliphatic heterocycles. The number of hydrogen-bond donors (Lipinski definition) is 0. The van der Waals surface area contributed by atoms with E-state index in [1.807, 2.05) is 0 Å². The van der Waals surface area contributed by atoms with E-state index in [2.05, 4.69) is 0 Å². The molecule has 12 heavy (non-hydrogen) atoms. The lowest BCUT2D eigenvalue weighted by atomic mass is 10.1. The van der Waals surface area contributed by atoms with Crippen molar-refractivity contribution in [3.8, 4) is 0 Å². The van der Waals surface area contributed by atoms with Crippen LogP contribution in [0.1, 0.15) is 38.5 Å². The first-order valence-corrected chi connectivity index (χ1v) is 7.39. The van der Waals surface area contributed by atoms with Crippen molar-refractivity contribution in [1.82, 2.24) is 0 Å². The summed E-state index contributed by atoms with van der Waals surface area (Å²) >= 11 is 11.7. The van der Waals surface area contributed by atoms with Crippen LogP contribution < -0.4 is 0 Å². The third kappa shape index (κ3) is 8.89. The van der Waals surface area contributed by atoms with Crippen molar-refractivity contribution in [1.29, 1.82) is 0 Å². The lowest BCUT2D eigenvalue weighted by Crippen LogP contribution is -1.97. The maximum Gasteiger partial charge on any atom is 0.0333 e. The van der Waals surface area contributed by atoms with Gasteiger partial charge < -0.3 is 0 Å². The molecule has 0 heterocycles. The highest BCUT2D eigenvalue weighted by Crippen LogP contribution is 2.14. The summed E-state index contributed by atoms with van der Waals surface area (Å²) in [5.74, 6) is 0.810. The molecule has 0 saturated carbocycles. The standard InChI is InChI=1S/C9H20Cl2Si/c10-7-4-2-1-3-5-9(11)6-8-12/h9H,1-8H2,12H3. The molecular weight excluding hydrogens is 207 g/mol. The van der Waals surface area contributed by atoms with Gasteiger partial charge in [-0.05, 0) is 19.3 Å². The van der Waals surface area contributed by atoms with Crippen LogP contribution in [0, 0.1) is 0 Å². The summed E-state index contributed by atoms with van der Waals surface area (Å²) in [4.78, 5) is 0.